The average molecular weight is 188 g/mol. The quantitative estimate of drug-likeness (QED) is 0.650. The Kier molecular flexibility index (Phi) is 1.37. The molecule has 1 aliphatic carbocycles. The van der Waals surface area contributed by atoms with Gasteiger partial charge in [0, 0.05) is 23.7 Å². The lowest BCUT2D eigenvalue weighted by Crippen LogP contribution is -2.20. The normalized spacial score (nSPS) is 32.9. The van der Waals surface area contributed by atoms with Gasteiger partial charge in [-0.05, 0) is 31.4 Å². The zero-order chi connectivity index (χ0) is 9.92. The highest BCUT2D eigenvalue weighted by Crippen LogP contribution is 2.54. The predicted molar refractivity (Wildman–Crippen MR) is 58.7 cm³/mol. The largest absolute Gasteiger partial charge is 0.384 e. The highest BCUT2D eigenvalue weighted by Gasteiger charge is 2.56. The fourth-order valence-corrected chi connectivity index (χ4v) is 2.78. The number of hydrogen-bond acceptors (Lipinski definition) is 2. The van der Waals surface area contributed by atoms with Gasteiger partial charge in [-0.2, -0.15) is 0 Å². The minimum absolute atomic E-state index is 0.284. The maximum absolute atomic E-state index is 6.04. The van der Waals surface area contributed by atoms with Crippen molar-refractivity contribution in [1.29, 1.82) is 0 Å². The van der Waals surface area contributed by atoms with E-state index in [0.29, 0.717) is 6.04 Å². The molecule has 74 valence electrons. The number of nitrogens with two attached hydrogens (primary N) is 1. The van der Waals surface area contributed by atoms with Gasteiger partial charge in [-0.3, -0.25) is 0 Å². The van der Waals surface area contributed by atoms with Crippen molar-refractivity contribution in [3.05, 3.63) is 28.8 Å². The molecule has 0 radical (unpaired) electrons. The Bertz CT molecular complexity index is 411. The van der Waals surface area contributed by atoms with Crippen LogP contribution in [0.3, 0.4) is 0 Å². The van der Waals surface area contributed by atoms with E-state index in [1.165, 1.54) is 22.4 Å². The molecule has 1 aromatic rings. The van der Waals surface area contributed by atoms with E-state index in [4.69, 9.17) is 5.73 Å². The lowest BCUT2D eigenvalue weighted by atomic mass is 9.94. The second kappa shape index (κ2) is 2.31. The Labute approximate surface area is 84.5 Å². The molecule has 0 aromatic heterocycles. The predicted octanol–water partition coefficient (Wildman–Crippen LogP) is 1.70. The van der Waals surface area contributed by atoms with Crippen LogP contribution in [-0.4, -0.2) is 12.6 Å². The van der Waals surface area contributed by atoms with E-state index >= 15 is 0 Å². The summed E-state index contributed by atoms with van der Waals surface area (Å²) in [5.41, 5.74) is 11.8. The molecule has 1 saturated carbocycles. The highest BCUT2D eigenvalue weighted by molar-refractivity contribution is 5.68. The third-order valence-electron chi connectivity index (χ3n) is 3.73. The molecular formula is C12H16N2. The second-order valence-electron chi connectivity index (χ2n) is 4.82. The van der Waals surface area contributed by atoms with Crippen molar-refractivity contribution in [1.82, 2.24) is 0 Å². The van der Waals surface area contributed by atoms with Gasteiger partial charge in [0.05, 0.1) is 0 Å². The third-order valence-corrected chi connectivity index (χ3v) is 3.73. The lowest BCUT2D eigenvalue weighted by Gasteiger charge is -2.09. The Balaban J connectivity index is 2.20. The van der Waals surface area contributed by atoms with Crippen molar-refractivity contribution in [2.45, 2.75) is 31.7 Å². The summed E-state index contributed by atoms with van der Waals surface area (Å²) in [7, 11) is 0. The van der Waals surface area contributed by atoms with Crippen molar-refractivity contribution < 1.29 is 0 Å². The van der Waals surface area contributed by atoms with E-state index in [-0.39, 0.29) is 5.41 Å². The summed E-state index contributed by atoms with van der Waals surface area (Å²) in [6.45, 7) is 5.37. The highest BCUT2D eigenvalue weighted by atomic mass is 15.0. The smallest absolute Gasteiger partial charge is 0.0409 e. The van der Waals surface area contributed by atoms with Crippen LogP contribution in [0.4, 0.5) is 5.69 Å². The molecule has 3 N–H and O–H groups in total. The summed E-state index contributed by atoms with van der Waals surface area (Å²) in [5, 5.41) is 3.50. The van der Waals surface area contributed by atoms with Gasteiger partial charge in [0.15, 0.2) is 0 Å². The second-order valence-corrected chi connectivity index (χ2v) is 4.82. The molecule has 1 aromatic carbocycles. The third kappa shape index (κ3) is 0.845. The first kappa shape index (κ1) is 8.30. The number of anilines is 1. The summed E-state index contributed by atoms with van der Waals surface area (Å²) in [6.07, 6.45) is 1.15. The van der Waals surface area contributed by atoms with Gasteiger partial charge >= 0.3 is 0 Å². The fourth-order valence-electron chi connectivity index (χ4n) is 2.78. The fraction of sp³-hybridized carbons (Fsp3) is 0.500. The molecule has 2 aliphatic rings. The molecular weight excluding hydrogens is 172 g/mol. The van der Waals surface area contributed by atoms with Crippen molar-refractivity contribution in [2.75, 3.05) is 11.9 Å². The van der Waals surface area contributed by atoms with E-state index < -0.39 is 0 Å². The Morgan fingerprint density at radius 3 is 2.79 bits per heavy atom. The zero-order valence-electron chi connectivity index (χ0n) is 8.72. The van der Waals surface area contributed by atoms with Crippen LogP contribution in [-0.2, 0) is 5.41 Å². The Morgan fingerprint density at radius 1 is 1.43 bits per heavy atom. The van der Waals surface area contributed by atoms with Crippen LogP contribution in [0.1, 0.15) is 23.1 Å². The van der Waals surface area contributed by atoms with Gasteiger partial charge in [0.25, 0.3) is 0 Å². The van der Waals surface area contributed by atoms with Gasteiger partial charge in [-0.1, -0.05) is 17.7 Å². The Morgan fingerprint density at radius 2 is 2.14 bits per heavy atom. The van der Waals surface area contributed by atoms with E-state index in [0.717, 1.165) is 13.0 Å². The number of fused-ring (bicyclic) bond motifs is 2. The number of aryl methyl sites for hydroxylation is 2. The number of nitrogens with one attached hydrogen (secondary N) is 1. The van der Waals surface area contributed by atoms with Crippen molar-refractivity contribution in [3.63, 3.8) is 0 Å². The first-order valence-electron chi connectivity index (χ1n) is 5.25. The molecule has 2 heteroatoms. The van der Waals surface area contributed by atoms with E-state index in [1.54, 1.807) is 0 Å². The van der Waals surface area contributed by atoms with Crippen molar-refractivity contribution >= 4 is 5.69 Å². The maximum atomic E-state index is 6.04. The molecule has 0 bridgehead atoms. The minimum Gasteiger partial charge on any atom is -0.384 e. The van der Waals surface area contributed by atoms with Gasteiger partial charge < -0.3 is 11.1 Å². The number of hydrogen-bond donors (Lipinski definition) is 2. The van der Waals surface area contributed by atoms with Crippen LogP contribution < -0.4 is 11.1 Å². The Hall–Kier alpha value is -1.02. The number of rotatable bonds is 0. The average Bonchev–Trinajstić information content (AvgIpc) is 2.59. The van der Waals surface area contributed by atoms with Crippen LogP contribution in [0, 0.1) is 13.8 Å². The van der Waals surface area contributed by atoms with Crippen LogP contribution in [0.15, 0.2) is 12.1 Å². The summed E-state index contributed by atoms with van der Waals surface area (Å²) >= 11 is 0. The summed E-state index contributed by atoms with van der Waals surface area (Å²) in [6, 6.07) is 4.91. The van der Waals surface area contributed by atoms with Gasteiger partial charge in [0.1, 0.15) is 0 Å². The lowest BCUT2D eigenvalue weighted by molar-refractivity contribution is 0.733. The molecule has 0 saturated heterocycles. The van der Waals surface area contributed by atoms with E-state index in [9.17, 15) is 0 Å². The van der Waals surface area contributed by atoms with Gasteiger partial charge in [0.2, 0.25) is 0 Å². The van der Waals surface area contributed by atoms with Crippen LogP contribution >= 0.6 is 0 Å². The van der Waals surface area contributed by atoms with E-state index in [1.807, 2.05) is 0 Å². The zero-order valence-corrected chi connectivity index (χ0v) is 8.72. The van der Waals surface area contributed by atoms with Crippen molar-refractivity contribution in [2.24, 2.45) is 5.73 Å². The van der Waals surface area contributed by atoms with Crippen LogP contribution in [0.5, 0.6) is 0 Å². The van der Waals surface area contributed by atoms with Crippen LogP contribution in [0.25, 0.3) is 0 Å². The molecule has 2 unspecified atom stereocenters. The first-order valence-corrected chi connectivity index (χ1v) is 5.25. The van der Waals surface area contributed by atoms with Crippen molar-refractivity contribution in [3.8, 4) is 0 Å². The summed E-state index contributed by atoms with van der Waals surface area (Å²) in [5.74, 6) is 0. The number of benzene rings is 1. The molecule has 2 atom stereocenters. The molecule has 3 rings (SSSR count). The standard InChI is InChI=1S/C12H16N2/c1-7-3-8(2)11-9(4-7)12(6-14-11)5-10(12)13/h3-4,10,14H,5-6,13H2,1-2H3. The summed E-state index contributed by atoms with van der Waals surface area (Å²) < 4.78 is 0. The van der Waals surface area contributed by atoms with E-state index in [2.05, 4.69) is 31.3 Å². The summed E-state index contributed by atoms with van der Waals surface area (Å²) in [4.78, 5) is 0. The van der Waals surface area contributed by atoms with Gasteiger partial charge in [-0.15, -0.1) is 0 Å². The molecule has 0 amide bonds. The van der Waals surface area contributed by atoms with Gasteiger partial charge in [-0.25, -0.2) is 0 Å². The SMILES string of the molecule is Cc1cc(C)c2c(c1)C1(CN2)CC1N. The molecule has 1 aliphatic heterocycles. The molecule has 14 heavy (non-hydrogen) atoms. The minimum atomic E-state index is 0.284. The maximum Gasteiger partial charge on any atom is 0.0409 e. The van der Waals surface area contributed by atoms with Crippen LogP contribution in [0.2, 0.25) is 0 Å². The monoisotopic (exact) mass is 188 g/mol. The molecule has 2 nitrogen and oxygen atoms in total. The molecule has 1 fully saturated rings. The first-order chi connectivity index (χ1) is 6.63. The molecule has 1 spiro atoms. The molecule has 1 heterocycles. The topological polar surface area (TPSA) is 38.0 Å².